The van der Waals surface area contributed by atoms with Crippen molar-refractivity contribution in [2.45, 2.75) is 12.1 Å². The Balaban J connectivity index is 1.71. The van der Waals surface area contributed by atoms with Gasteiger partial charge in [0.2, 0.25) is 0 Å². The smallest absolute Gasteiger partial charge is 0.331 e. The van der Waals surface area contributed by atoms with Gasteiger partial charge in [0, 0.05) is 10.0 Å². The molecule has 2 atom stereocenters. The molecule has 4 aromatic carbocycles. The third-order valence-corrected chi connectivity index (χ3v) is 6.73. The van der Waals surface area contributed by atoms with Gasteiger partial charge in [0.25, 0.3) is 11.8 Å². The molecule has 8 heteroatoms. The van der Waals surface area contributed by atoms with Gasteiger partial charge in [0.1, 0.15) is 6.04 Å². The van der Waals surface area contributed by atoms with Gasteiger partial charge in [-0.2, -0.15) is 0 Å². The zero-order chi connectivity index (χ0) is 26.1. The lowest BCUT2D eigenvalue weighted by Gasteiger charge is -2.34. The second-order valence-corrected chi connectivity index (χ2v) is 9.45. The SMILES string of the molecule is O=C(O)C(c1ccccc1)N1C(=O)c2cc(-c3cccc(Cl)c3)ccc2NC(=O)C1c1ccc(Cl)cc1. The second-order valence-electron chi connectivity index (χ2n) is 8.58. The minimum absolute atomic E-state index is 0.171. The monoisotopic (exact) mass is 530 g/mol. The third-order valence-electron chi connectivity index (χ3n) is 6.24. The maximum atomic E-state index is 14.2. The lowest BCUT2D eigenvalue weighted by atomic mass is 9.97. The summed E-state index contributed by atoms with van der Waals surface area (Å²) in [6, 6.07) is 24.4. The molecule has 1 aliphatic rings. The third kappa shape index (κ3) is 4.81. The lowest BCUT2D eigenvalue weighted by molar-refractivity contribution is -0.144. The summed E-state index contributed by atoms with van der Waals surface area (Å²) in [6.07, 6.45) is 0. The van der Waals surface area contributed by atoms with E-state index in [1.54, 1.807) is 91.0 Å². The zero-order valence-electron chi connectivity index (χ0n) is 19.3. The van der Waals surface area contributed by atoms with Gasteiger partial charge >= 0.3 is 5.97 Å². The highest BCUT2D eigenvalue weighted by Gasteiger charge is 2.43. The van der Waals surface area contributed by atoms with Crippen LogP contribution in [0.5, 0.6) is 0 Å². The lowest BCUT2D eigenvalue weighted by Crippen LogP contribution is -2.44. The zero-order valence-corrected chi connectivity index (χ0v) is 20.8. The van der Waals surface area contributed by atoms with Crippen LogP contribution in [-0.2, 0) is 9.59 Å². The number of benzene rings is 4. The number of hydrogen-bond acceptors (Lipinski definition) is 3. The molecule has 1 aliphatic heterocycles. The Hall–Kier alpha value is -4.13. The number of carbonyl (C=O) groups is 3. The number of amides is 2. The van der Waals surface area contributed by atoms with Gasteiger partial charge in [0.15, 0.2) is 6.04 Å². The topological polar surface area (TPSA) is 86.7 Å². The number of aliphatic carboxylic acids is 1. The normalized spacial score (nSPS) is 15.9. The summed E-state index contributed by atoms with van der Waals surface area (Å²) in [7, 11) is 0. The molecular weight excluding hydrogens is 511 g/mol. The Morgan fingerprint density at radius 1 is 0.811 bits per heavy atom. The van der Waals surface area contributed by atoms with Crippen molar-refractivity contribution in [1.82, 2.24) is 4.90 Å². The minimum atomic E-state index is -1.43. The van der Waals surface area contributed by atoms with E-state index in [9.17, 15) is 19.5 Å². The molecule has 2 N–H and O–H groups in total. The van der Waals surface area contributed by atoms with E-state index >= 15 is 0 Å². The van der Waals surface area contributed by atoms with Gasteiger partial charge in [-0.3, -0.25) is 9.59 Å². The number of carbonyl (C=O) groups excluding carboxylic acids is 2. The molecule has 0 aliphatic carbocycles. The van der Waals surface area contributed by atoms with E-state index in [4.69, 9.17) is 23.2 Å². The van der Waals surface area contributed by atoms with Crippen molar-refractivity contribution in [2.24, 2.45) is 0 Å². The van der Waals surface area contributed by atoms with Crippen molar-refractivity contribution in [3.05, 3.63) is 124 Å². The Morgan fingerprint density at radius 3 is 2.19 bits per heavy atom. The van der Waals surface area contributed by atoms with Crippen molar-refractivity contribution in [1.29, 1.82) is 0 Å². The molecule has 0 aromatic heterocycles. The van der Waals surface area contributed by atoms with E-state index in [1.165, 1.54) is 0 Å². The van der Waals surface area contributed by atoms with Crippen molar-refractivity contribution in [3.8, 4) is 11.1 Å². The van der Waals surface area contributed by atoms with Crippen LogP contribution in [0.2, 0.25) is 10.0 Å². The molecule has 6 nitrogen and oxygen atoms in total. The van der Waals surface area contributed by atoms with E-state index in [1.807, 2.05) is 6.07 Å². The van der Waals surface area contributed by atoms with Crippen molar-refractivity contribution < 1.29 is 19.5 Å². The van der Waals surface area contributed by atoms with Crippen molar-refractivity contribution in [2.75, 3.05) is 5.32 Å². The summed E-state index contributed by atoms with van der Waals surface area (Å²) < 4.78 is 0. The van der Waals surface area contributed by atoms with Gasteiger partial charge in [-0.05, 0) is 58.7 Å². The van der Waals surface area contributed by atoms with E-state index in [-0.39, 0.29) is 5.56 Å². The standard InChI is InChI=1S/C29H20Cl2N2O4/c30-21-12-9-18(10-13-21)25-27(34)32-24-14-11-20(19-7-4-8-22(31)15-19)16-23(24)28(35)33(25)26(29(36)37)17-5-2-1-3-6-17/h1-16,25-26H,(H,32,34)(H,36,37). The predicted molar refractivity (Wildman–Crippen MR) is 143 cm³/mol. The van der Waals surface area contributed by atoms with Crippen LogP contribution in [0.4, 0.5) is 5.69 Å². The molecule has 0 radical (unpaired) electrons. The summed E-state index contributed by atoms with van der Waals surface area (Å²) in [5.74, 6) is -2.40. The molecule has 1 heterocycles. The molecule has 0 bridgehead atoms. The molecule has 0 saturated heterocycles. The van der Waals surface area contributed by atoms with Crippen LogP contribution in [-0.4, -0.2) is 27.8 Å². The quantitative estimate of drug-likeness (QED) is 0.303. The molecule has 2 amide bonds. The molecule has 4 aromatic rings. The summed E-state index contributed by atoms with van der Waals surface area (Å²) >= 11 is 12.2. The number of nitrogens with one attached hydrogen (secondary N) is 1. The average Bonchev–Trinajstić information content (AvgIpc) is 2.99. The first-order chi connectivity index (χ1) is 17.8. The van der Waals surface area contributed by atoms with Gasteiger partial charge < -0.3 is 15.3 Å². The first-order valence-electron chi connectivity index (χ1n) is 11.4. The summed E-state index contributed by atoms with van der Waals surface area (Å²) in [5.41, 5.74) is 2.73. The van der Waals surface area contributed by atoms with Crippen LogP contribution in [0.3, 0.4) is 0 Å². The number of carboxylic acids is 1. The molecule has 0 spiro atoms. The number of anilines is 1. The van der Waals surface area contributed by atoms with Gasteiger partial charge in [-0.15, -0.1) is 0 Å². The predicted octanol–water partition coefficient (Wildman–Crippen LogP) is 6.62. The average molecular weight is 531 g/mol. The van der Waals surface area contributed by atoms with E-state index in [0.29, 0.717) is 32.4 Å². The summed E-state index contributed by atoms with van der Waals surface area (Å²) in [5, 5.41) is 14.1. The first kappa shape index (κ1) is 24.6. The maximum Gasteiger partial charge on any atom is 0.331 e. The maximum absolute atomic E-state index is 14.2. The van der Waals surface area contributed by atoms with Crippen LogP contribution in [0.15, 0.2) is 97.1 Å². The largest absolute Gasteiger partial charge is 0.479 e. The summed E-state index contributed by atoms with van der Waals surface area (Å²) in [6.45, 7) is 0. The highest BCUT2D eigenvalue weighted by Crippen LogP contribution is 2.39. The number of hydrogen-bond donors (Lipinski definition) is 2. The molecule has 0 fully saturated rings. The number of rotatable bonds is 5. The fourth-order valence-corrected chi connectivity index (χ4v) is 4.86. The van der Waals surface area contributed by atoms with Crippen LogP contribution < -0.4 is 5.32 Å². The minimum Gasteiger partial charge on any atom is -0.479 e. The fraction of sp³-hybridized carbons (Fsp3) is 0.0690. The van der Waals surface area contributed by atoms with Gasteiger partial charge in [0.05, 0.1) is 11.3 Å². The first-order valence-corrected chi connectivity index (χ1v) is 12.2. The Bertz CT molecular complexity index is 1510. The van der Waals surface area contributed by atoms with Crippen molar-refractivity contribution >= 4 is 46.7 Å². The molecule has 184 valence electrons. The van der Waals surface area contributed by atoms with Crippen LogP contribution in [0.25, 0.3) is 11.1 Å². The molecule has 0 saturated carbocycles. The highest BCUT2D eigenvalue weighted by molar-refractivity contribution is 6.31. The second kappa shape index (κ2) is 10.1. The van der Waals surface area contributed by atoms with Crippen LogP contribution in [0.1, 0.15) is 33.6 Å². The van der Waals surface area contributed by atoms with Crippen molar-refractivity contribution in [3.63, 3.8) is 0 Å². The van der Waals surface area contributed by atoms with E-state index < -0.39 is 29.9 Å². The Morgan fingerprint density at radius 2 is 1.51 bits per heavy atom. The van der Waals surface area contributed by atoms with Crippen LogP contribution >= 0.6 is 23.2 Å². The molecule has 5 rings (SSSR count). The van der Waals surface area contributed by atoms with E-state index in [2.05, 4.69) is 5.32 Å². The van der Waals surface area contributed by atoms with Gasteiger partial charge in [-0.1, -0.05) is 83.9 Å². The molecule has 37 heavy (non-hydrogen) atoms. The number of nitrogens with zero attached hydrogens (tertiary/aromatic N) is 1. The molecule has 2 unspecified atom stereocenters. The molecular formula is C29H20Cl2N2O4. The highest BCUT2D eigenvalue weighted by atomic mass is 35.5. The summed E-state index contributed by atoms with van der Waals surface area (Å²) in [4.78, 5) is 41.6. The van der Waals surface area contributed by atoms with E-state index in [0.717, 1.165) is 10.5 Å². The Kier molecular flexibility index (Phi) is 6.70. The van der Waals surface area contributed by atoms with Crippen LogP contribution in [0, 0.1) is 0 Å². The fourth-order valence-electron chi connectivity index (χ4n) is 4.54. The number of halogens is 2. The van der Waals surface area contributed by atoms with Gasteiger partial charge in [-0.25, -0.2) is 4.79 Å². The Labute approximate surface area is 223 Å². The number of carboxylic acid groups (broad SMARTS) is 1. The number of fused-ring (bicyclic) bond motifs is 1.